The predicted octanol–water partition coefficient (Wildman–Crippen LogP) is 15.9. The van der Waals surface area contributed by atoms with E-state index in [-0.39, 0.29) is 27.2 Å². The molecular formula is C61H60N+. The van der Waals surface area contributed by atoms with Gasteiger partial charge in [0.2, 0.25) is 5.70 Å². The van der Waals surface area contributed by atoms with Crippen molar-refractivity contribution in [1.29, 1.82) is 0 Å². The van der Waals surface area contributed by atoms with Crippen molar-refractivity contribution in [2.24, 2.45) is 10.8 Å². The monoisotopic (exact) mass is 806 g/mol. The van der Waals surface area contributed by atoms with Crippen LogP contribution in [0.3, 0.4) is 0 Å². The molecule has 0 aromatic heterocycles. The van der Waals surface area contributed by atoms with E-state index in [2.05, 4.69) is 231 Å². The number of rotatable bonds is 7. The van der Waals surface area contributed by atoms with Gasteiger partial charge >= 0.3 is 0 Å². The number of hydrogen-bond acceptors (Lipinski definition) is 0. The molecule has 2 fully saturated rings. The molecule has 2 aliphatic carbocycles. The number of benzene rings is 6. The molecule has 0 spiro atoms. The first-order chi connectivity index (χ1) is 29.3. The summed E-state index contributed by atoms with van der Waals surface area (Å²) < 4.78 is 2.41. The maximum atomic E-state index is 4.77. The molecule has 1 saturated carbocycles. The zero-order chi connectivity index (χ0) is 44.0. The molecule has 1 saturated heterocycles. The normalized spacial score (nSPS) is 22.3. The number of hydrogen-bond donors (Lipinski definition) is 0. The van der Waals surface area contributed by atoms with Gasteiger partial charge in [0.1, 0.15) is 0 Å². The predicted molar refractivity (Wildman–Crippen MR) is 266 cm³/mol. The smallest absolute Gasteiger partial charge is 0.192 e. The Morgan fingerprint density at radius 2 is 1.06 bits per heavy atom. The molecule has 308 valence electrons. The van der Waals surface area contributed by atoms with E-state index in [4.69, 9.17) is 19.7 Å². The van der Waals surface area contributed by atoms with Gasteiger partial charge in [-0.05, 0) is 127 Å². The summed E-state index contributed by atoms with van der Waals surface area (Å²) in [5.41, 5.74) is 19.5. The Hall–Kier alpha value is -6.31. The van der Waals surface area contributed by atoms with Crippen molar-refractivity contribution in [3.8, 4) is 44.5 Å². The molecule has 1 heterocycles. The van der Waals surface area contributed by atoms with E-state index in [0.29, 0.717) is 0 Å². The second-order valence-corrected chi connectivity index (χ2v) is 20.4. The standard InChI is InChI=1S/C61H60N/c1-40(39-62-42(3)41(2)56(60(11)59(9,10)61(60,62)12)37-52-38-58(7,8)55-30-17-16-29-54(52)55)50-34-51(36-53(35-50)57(4,5)6)49-28-20-27-48(33-49)47-26-19-25-46(32-47)45-24-18-23-44(31-45)43-21-14-13-15-22-43/h13-39H,1-3H2,4-12H3/q+1/b56-37+,62-39+. The van der Waals surface area contributed by atoms with Crippen molar-refractivity contribution in [3.05, 3.63) is 217 Å². The van der Waals surface area contributed by atoms with Gasteiger partial charge in [-0.15, -0.1) is 0 Å². The van der Waals surface area contributed by atoms with Crippen molar-refractivity contribution in [3.63, 3.8) is 0 Å². The first-order valence-corrected chi connectivity index (χ1v) is 22.1. The molecule has 62 heavy (non-hydrogen) atoms. The van der Waals surface area contributed by atoms with Crippen molar-refractivity contribution in [1.82, 2.24) is 0 Å². The zero-order valence-electron chi connectivity index (χ0n) is 38.2. The second kappa shape index (κ2) is 14.4. The van der Waals surface area contributed by atoms with Crippen LogP contribution in [0.2, 0.25) is 0 Å². The van der Waals surface area contributed by atoms with Crippen LogP contribution in [0.4, 0.5) is 0 Å². The highest BCUT2D eigenvalue weighted by atomic mass is 15.2. The fourth-order valence-corrected chi connectivity index (χ4v) is 10.8. The van der Waals surface area contributed by atoms with Crippen LogP contribution in [0.5, 0.6) is 0 Å². The lowest BCUT2D eigenvalue weighted by molar-refractivity contribution is -0.538. The maximum absolute atomic E-state index is 4.77. The minimum absolute atomic E-state index is 0.0280. The number of allylic oxidation sites excluding steroid dienone is 5. The lowest BCUT2D eigenvalue weighted by Crippen LogP contribution is -2.38. The molecular weight excluding hydrogens is 747 g/mol. The van der Waals surface area contributed by atoms with Gasteiger partial charge in [-0.3, -0.25) is 0 Å². The average Bonchev–Trinajstić information content (AvgIpc) is 3.47. The fraction of sp³-hybridized carbons (Fsp3) is 0.230. The van der Waals surface area contributed by atoms with Gasteiger partial charge < -0.3 is 0 Å². The average molecular weight is 807 g/mol. The summed E-state index contributed by atoms with van der Waals surface area (Å²) >= 11 is 0. The van der Waals surface area contributed by atoms with Gasteiger partial charge in [0.05, 0.1) is 5.41 Å². The Labute approximate surface area is 370 Å². The summed E-state index contributed by atoms with van der Waals surface area (Å²) in [4.78, 5) is 0. The highest BCUT2D eigenvalue weighted by molar-refractivity contribution is 6.07. The van der Waals surface area contributed by atoms with E-state index >= 15 is 0 Å². The van der Waals surface area contributed by atoms with Crippen molar-refractivity contribution >= 4 is 17.4 Å². The Balaban J connectivity index is 1.06. The van der Waals surface area contributed by atoms with Crippen LogP contribution in [0.1, 0.15) is 84.6 Å². The number of fused-ring (bicyclic) bond motifs is 2. The molecule has 6 aromatic rings. The van der Waals surface area contributed by atoms with Crippen LogP contribution >= 0.6 is 0 Å². The lowest BCUT2D eigenvalue weighted by Gasteiger charge is -2.29. The molecule has 1 aliphatic heterocycles. The fourth-order valence-electron chi connectivity index (χ4n) is 10.8. The van der Waals surface area contributed by atoms with Crippen LogP contribution in [0, 0.1) is 10.8 Å². The molecule has 3 aliphatic rings. The highest BCUT2D eigenvalue weighted by Crippen LogP contribution is 2.80. The van der Waals surface area contributed by atoms with E-state index < -0.39 is 0 Å². The second-order valence-electron chi connectivity index (χ2n) is 20.4. The van der Waals surface area contributed by atoms with Gasteiger partial charge in [0.15, 0.2) is 11.8 Å². The molecule has 1 heteroatoms. The number of piperidine rings is 1. The summed E-state index contributed by atoms with van der Waals surface area (Å²) in [6.45, 7) is 35.4. The van der Waals surface area contributed by atoms with Crippen LogP contribution in [0.25, 0.3) is 55.7 Å². The van der Waals surface area contributed by atoms with Gasteiger partial charge in [-0.2, -0.15) is 4.58 Å². The number of nitrogens with zero attached hydrogens (tertiary/aromatic N) is 1. The van der Waals surface area contributed by atoms with Crippen LogP contribution in [0.15, 0.2) is 194 Å². The van der Waals surface area contributed by atoms with Crippen LogP contribution in [-0.4, -0.2) is 16.3 Å². The summed E-state index contributed by atoms with van der Waals surface area (Å²) in [6, 6.07) is 53.2. The lowest BCUT2D eigenvalue weighted by atomic mass is 9.79. The minimum Gasteiger partial charge on any atom is -0.192 e. The third-order valence-electron chi connectivity index (χ3n) is 15.3. The van der Waals surface area contributed by atoms with Crippen molar-refractivity contribution in [2.75, 3.05) is 0 Å². The van der Waals surface area contributed by atoms with E-state index in [9.17, 15) is 0 Å². The summed E-state index contributed by atoms with van der Waals surface area (Å²) in [6.07, 6.45) is 7.11. The van der Waals surface area contributed by atoms with Gasteiger partial charge in [-0.25, -0.2) is 0 Å². The van der Waals surface area contributed by atoms with Gasteiger partial charge in [-0.1, -0.05) is 189 Å². The Kier molecular flexibility index (Phi) is 9.53. The van der Waals surface area contributed by atoms with E-state index in [1.54, 1.807) is 0 Å². The molecule has 9 rings (SSSR count). The summed E-state index contributed by atoms with van der Waals surface area (Å²) in [5.74, 6) is 0. The SMILES string of the molecule is C=C1C(=C)/[N+](=C\C(=C)c2cc(-c3cccc(-c4cccc(-c5cccc(-c6ccccc6)c5)c4)c3)cc(C(C)(C)C)c2)C2(C)C(C)(C)C2(C)/C1=C/C1=CC(C)(C)c2ccccc21. The first kappa shape index (κ1) is 41.1. The quantitative estimate of drug-likeness (QED) is 0.141. The third kappa shape index (κ3) is 6.39. The molecule has 0 radical (unpaired) electrons. The topological polar surface area (TPSA) is 3.01 Å². The molecule has 1 nitrogen and oxygen atoms in total. The van der Waals surface area contributed by atoms with Crippen LogP contribution < -0.4 is 0 Å². The van der Waals surface area contributed by atoms with Gasteiger partial charge in [0.25, 0.3) is 0 Å². The molecule has 6 aromatic carbocycles. The highest BCUT2D eigenvalue weighted by Gasteiger charge is 2.88. The molecule has 0 bridgehead atoms. The van der Waals surface area contributed by atoms with E-state index in [1.807, 2.05) is 0 Å². The largest absolute Gasteiger partial charge is 0.205 e. The van der Waals surface area contributed by atoms with Gasteiger partial charge in [0, 0.05) is 28.9 Å². The van der Waals surface area contributed by atoms with E-state index in [0.717, 1.165) is 22.4 Å². The Morgan fingerprint density at radius 3 is 1.63 bits per heavy atom. The van der Waals surface area contributed by atoms with Crippen LogP contribution in [-0.2, 0) is 10.8 Å². The minimum atomic E-state index is -0.239. The molecule has 0 amide bonds. The van der Waals surface area contributed by atoms with Crippen molar-refractivity contribution < 1.29 is 4.58 Å². The molecule has 2 atom stereocenters. The summed E-state index contributed by atoms with van der Waals surface area (Å²) in [7, 11) is 0. The Morgan fingerprint density at radius 1 is 0.565 bits per heavy atom. The molecule has 0 N–H and O–H groups in total. The van der Waals surface area contributed by atoms with Crippen molar-refractivity contribution in [2.45, 2.75) is 78.7 Å². The zero-order valence-corrected chi connectivity index (χ0v) is 38.2. The molecule has 2 unspecified atom stereocenters. The van der Waals surface area contributed by atoms with E-state index in [1.165, 1.54) is 72.3 Å². The maximum Gasteiger partial charge on any atom is 0.205 e. The Bertz CT molecular complexity index is 2950. The summed E-state index contributed by atoms with van der Waals surface area (Å²) in [5, 5.41) is 0. The third-order valence-corrected chi connectivity index (χ3v) is 15.3. The first-order valence-electron chi connectivity index (χ1n) is 22.1.